The van der Waals surface area contributed by atoms with Crippen molar-refractivity contribution in [3.63, 3.8) is 0 Å². The molecule has 0 radical (unpaired) electrons. The van der Waals surface area contributed by atoms with E-state index in [-0.39, 0.29) is 5.78 Å². The fourth-order valence-electron chi connectivity index (χ4n) is 3.80. The van der Waals surface area contributed by atoms with Gasteiger partial charge in [0.2, 0.25) is 5.75 Å². The van der Waals surface area contributed by atoms with Gasteiger partial charge in [0.25, 0.3) is 0 Å². The third kappa shape index (κ3) is 4.87. The Bertz CT molecular complexity index is 802. The van der Waals surface area contributed by atoms with Gasteiger partial charge < -0.3 is 14.2 Å². The molecule has 5 nitrogen and oxygen atoms in total. The van der Waals surface area contributed by atoms with Crippen molar-refractivity contribution >= 4 is 17.5 Å². The minimum atomic E-state index is 0.0749. The molecule has 0 N–H and O–H groups in total. The van der Waals surface area contributed by atoms with E-state index >= 15 is 0 Å². The summed E-state index contributed by atoms with van der Waals surface area (Å²) in [6.45, 7) is 3.99. The zero-order chi connectivity index (χ0) is 20.8. The highest BCUT2D eigenvalue weighted by molar-refractivity contribution is 7.99. The lowest BCUT2D eigenvalue weighted by Crippen LogP contribution is -2.43. The van der Waals surface area contributed by atoms with E-state index in [0.717, 1.165) is 18.8 Å². The fraction of sp³-hybridized carbons (Fsp3) is 0.435. The van der Waals surface area contributed by atoms with Crippen LogP contribution in [0.25, 0.3) is 0 Å². The van der Waals surface area contributed by atoms with Crippen molar-refractivity contribution in [2.24, 2.45) is 0 Å². The number of rotatable bonds is 8. The van der Waals surface area contributed by atoms with Crippen molar-refractivity contribution < 1.29 is 19.0 Å². The smallest absolute Gasteiger partial charge is 0.203 e. The topological polar surface area (TPSA) is 48.0 Å². The molecule has 0 aliphatic carbocycles. The standard InChI is InChI=1S/C23H29NO4S/c1-16-23(17-8-6-5-7-9-17)29-13-12-24(16)11-10-19(25)18-14-20(26-2)22(28-4)21(15-18)27-3/h5-9,14-16,23H,10-13H2,1-4H3. The molecule has 1 heterocycles. The molecule has 1 aliphatic rings. The molecule has 2 unspecified atom stereocenters. The number of hydrogen-bond donors (Lipinski definition) is 0. The van der Waals surface area contributed by atoms with Gasteiger partial charge in [-0.3, -0.25) is 9.69 Å². The number of Topliss-reactive ketones (excluding diaryl/α,β-unsaturated/α-hetero) is 1. The van der Waals surface area contributed by atoms with Crippen LogP contribution in [0.2, 0.25) is 0 Å². The first-order chi connectivity index (χ1) is 14.1. The molecule has 0 aromatic heterocycles. The average molecular weight is 416 g/mol. The number of carbonyl (C=O) groups excluding carboxylic acids is 1. The van der Waals surface area contributed by atoms with E-state index in [1.54, 1.807) is 33.5 Å². The first-order valence-corrected chi connectivity index (χ1v) is 10.9. The van der Waals surface area contributed by atoms with E-state index in [0.29, 0.717) is 40.5 Å². The summed E-state index contributed by atoms with van der Waals surface area (Å²) in [5, 5.41) is 0.432. The SMILES string of the molecule is COc1cc(C(=O)CCN2CCSC(c3ccccc3)C2C)cc(OC)c1OC. The normalized spacial score (nSPS) is 19.6. The van der Waals surface area contributed by atoms with E-state index in [2.05, 4.69) is 42.2 Å². The predicted octanol–water partition coefficient (Wildman–Crippen LogP) is 4.46. The second-order valence-electron chi connectivity index (χ2n) is 7.07. The lowest BCUT2D eigenvalue weighted by molar-refractivity contribution is 0.0952. The Kier molecular flexibility index (Phi) is 7.45. The van der Waals surface area contributed by atoms with Gasteiger partial charge >= 0.3 is 0 Å². The third-order valence-corrected chi connectivity index (χ3v) is 6.87. The number of methoxy groups -OCH3 is 3. The molecule has 1 saturated heterocycles. The molecule has 2 atom stereocenters. The minimum Gasteiger partial charge on any atom is -0.493 e. The minimum absolute atomic E-state index is 0.0749. The van der Waals surface area contributed by atoms with Crippen LogP contribution in [-0.2, 0) is 0 Å². The highest BCUT2D eigenvalue weighted by Crippen LogP contribution is 2.39. The number of thioether (sulfide) groups is 1. The van der Waals surface area contributed by atoms with Gasteiger partial charge in [-0.25, -0.2) is 0 Å². The van der Waals surface area contributed by atoms with E-state index in [4.69, 9.17) is 14.2 Å². The Morgan fingerprint density at radius 1 is 1.07 bits per heavy atom. The lowest BCUT2D eigenvalue weighted by Gasteiger charge is -2.39. The highest BCUT2D eigenvalue weighted by atomic mass is 32.2. The van der Waals surface area contributed by atoms with Crippen LogP contribution in [-0.4, -0.2) is 56.9 Å². The number of ketones is 1. The maximum absolute atomic E-state index is 12.9. The van der Waals surface area contributed by atoms with Crippen molar-refractivity contribution in [1.82, 2.24) is 4.90 Å². The van der Waals surface area contributed by atoms with Crippen molar-refractivity contribution in [3.05, 3.63) is 53.6 Å². The van der Waals surface area contributed by atoms with Gasteiger partial charge in [0.05, 0.1) is 21.3 Å². The van der Waals surface area contributed by atoms with Crippen LogP contribution in [0, 0.1) is 0 Å². The van der Waals surface area contributed by atoms with Crippen LogP contribution in [0.3, 0.4) is 0 Å². The monoisotopic (exact) mass is 415 g/mol. The number of hydrogen-bond acceptors (Lipinski definition) is 6. The third-order valence-electron chi connectivity index (χ3n) is 5.43. The molecule has 1 fully saturated rings. The van der Waals surface area contributed by atoms with Crippen LogP contribution in [0.1, 0.15) is 34.5 Å². The molecule has 6 heteroatoms. The Balaban J connectivity index is 1.68. The maximum Gasteiger partial charge on any atom is 0.203 e. The summed E-state index contributed by atoms with van der Waals surface area (Å²) in [6, 6.07) is 14.5. The van der Waals surface area contributed by atoms with Crippen molar-refractivity contribution in [3.8, 4) is 17.2 Å². The van der Waals surface area contributed by atoms with Crippen LogP contribution in [0.4, 0.5) is 0 Å². The Morgan fingerprint density at radius 3 is 2.31 bits per heavy atom. The summed E-state index contributed by atoms with van der Waals surface area (Å²) < 4.78 is 16.1. The maximum atomic E-state index is 12.9. The molecule has 2 aromatic rings. The summed E-state index contributed by atoms with van der Waals surface area (Å²) in [5.74, 6) is 2.65. The Hall–Kier alpha value is -2.18. The zero-order valence-corrected chi connectivity index (χ0v) is 18.3. The van der Waals surface area contributed by atoms with E-state index in [9.17, 15) is 4.79 Å². The summed E-state index contributed by atoms with van der Waals surface area (Å²) in [4.78, 5) is 15.3. The second-order valence-corrected chi connectivity index (χ2v) is 8.32. The van der Waals surface area contributed by atoms with Gasteiger partial charge in [0.1, 0.15) is 0 Å². The molecule has 0 saturated carbocycles. The molecule has 3 rings (SSSR count). The summed E-state index contributed by atoms with van der Waals surface area (Å²) in [7, 11) is 4.67. The number of ether oxygens (including phenoxy) is 3. The van der Waals surface area contributed by atoms with Crippen LogP contribution in [0.5, 0.6) is 17.2 Å². The molecule has 1 aliphatic heterocycles. The van der Waals surface area contributed by atoms with E-state index in [1.165, 1.54) is 5.56 Å². The second kappa shape index (κ2) is 10.0. The van der Waals surface area contributed by atoms with Crippen LogP contribution >= 0.6 is 11.8 Å². The van der Waals surface area contributed by atoms with Gasteiger partial charge in [0.15, 0.2) is 17.3 Å². The molecule has 2 aromatic carbocycles. The molecular formula is C23H29NO4S. The van der Waals surface area contributed by atoms with Crippen molar-refractivity contribution in [2.75, 3.05) is 40.2 Å². The van der Waals surface area contributed by atoms with Crippen molar-refractivity contribution in [2.45, 2.75) is 24.6 Å². The largest absolute Gasteiger partial charge is 0.493 e. The summed E-state index contributed by atoms with van der Waals surface area (Å²) in [5.41, 5.74) is 1.93. The van der Waals surface area contributed by atoms with Crippen molar-refractivity contribution in [1.29, 1.82) is 0 Å². The fourth-order valence-corrected chi connectivity index (χ4v) is 5.19. The number of benzene rings is 2. The van der Waals surface area contributed by atoms with E-state index in [1.807, 2.05) is 11.8 Å². The van der Waals surface area contributed by atoms with E-state index < -0.39 is 0 Å². The zero-order valence-electron chi connectivity index (χ0n) is 17.5. The quantitative estimate of drug-likeness (QED) is 0.593. The van der Waals surface area contributed by atoms with Gasteiger partial charge in [-0.05, 0) is 24.6 Å². The first-order valence-electron chi connectivity index (χ1n) is 9.82. The molecule has 29 heavy (non-hydrogen) atoms. The number of carbonyl (C=O) groups is 1. The van der Waals surface area contributed by atoms with Gasteiger partial charge in [-0.1, -0.05) is 30.3 Å². The molecule has 0 bridgehead atoms. The van der Waals surface area contributed by atoms with Crippen LogP contribution in [0.15, 0.2) is 42.5 Å². The lowest BCUT2D eigenvalue weighted by atomic mass is 10.0. The van der Waals surface area contributed by atoms with Crippen LogP contribution < -0.4 is 14.2 Å². The molecule has 156 valence electrons. The average Bonchev–Trinajstić information content (AvgIpc) is 2.77. The first kappa shape index (κ1) is 21.5. The molecule has 0 amide bonds. The molecular weight excluding hydrogens is 386 g/mol. The Labute approximate surface area is 177 Å². The Morgan fingerprint density at radius 2 is 1.72 bits per heavy atom. The summed E-state index contributed by atoms with van der Waals surface area (Å²) in [6.07, 6.45) is 0.454. The highest BCUT2D eigenvalue weighted by Gasteiger charge is 2.29. The molecule has 0 spiro atoms. The van der Waals surface area contributed by atoms with Gasteiger partial charge in [-0.2, -0.15) is 11.8 Å². The van der Waals surface area contributed by atoms with Gasteiger partial charge in [0, 0.05) is 42.1 Å². The summed E-state index contributed by atoms with van der Waals surface area (Å²) >= 11 is 2.00. The number of nitrogens with zero attached hydrogens (tertiary/aromatic N) is 1. The van der Waals surface area contributed by atoms with Gasteiger partial charge in [-0.15, -0.1) is 0 Å². The predicted molar refractivity (Wildman–Crippen MR) is 118 cm³/mol.